The van der Waals surface area contributed by atoms with E-state index in [1.165, 1.54) is 9.75 Å². The molecule has 0 aliphatic carbocycles. The Bertz CT molecular complexity index is 376. The molecule has 0 bridgehead atoms. The van der Waals surface area contributed by atoms with E-state index in [1.54, 1.807) is 0 Å². The number of rotatable bonds is 4. The lowest BCUT2D eigenvalue weighted by molar-refractivity contribution is 0.140. The molecule has 1 saturated heterocycles. The highest BCUT2D eigenvalue weighted by Gasteiger charge is 2.12. The fraction of sp³-hybridized carbons (Fsp3) is 0.733. The quantitative estimate of drug-likeness (QED) is 0.919. The molecule has 0 spiro atoms. The van der Waals surface area contributed by atoms with Crippen LogP contribution >= 0.6 is 11.3 Å². The Labute approximate surface area is 121 Å². The lowest BCUT2D eigenvalue weighted by atomic mass is 10.1. The Kier molecular flexibility index (Phi) is 5.39. The molecule has 1 aromatic heterocycles. The van der Waals surface area contributed by atoms with Gasteiger partial charge in [-0.2, -0.15) is 0 Å². The molecule has 4 heteroatoms. The van der Waals surface area contributed by atoms with Crippen LogP contribution in [0.2, 0.25) is 0 Å². The molecule has 0 aromatic carbocycles. The second-order valence-electron chi connectivity index (χ2n) is 6.21. The van der Waals surface area contributed by atoms with Gasteiger partial charge >= 0.3 is 0 Å². The minimum absolute atomic E-state index is 0.187. The second-order valence-corrected chi connectivity index (χ2v) is 7.47. The zero-order chi connectivity index (χ0) is 13.7. The topological polar surface area (TPSA) is 24.5 Å². The van der Waals surface area contributed by atoms with Crippen molar-refractivity contribution in [2.24, 2.45) is 0 Å². The molecule has 0 saturated carbocycles. The van der Waals surface area contributed by atoms with Crippen LogP contribution in [0.3, 0.4) is 0 Å². The Morgan fingerprint density at radius 1 is 1.21 bits per heavy atom. The summed E-state index contributed by atoms with van der Waals surface area (Å²) in [4.78, 5) is 5.39. The smallest absolute Gasteiger partial charge is 0.0593 e. The maximum Gasteiger partial charge on any atom is 0.0593 e. The van der Waals surface area contributed by atoms with Gasteiger partial charge in [0.2, 0.25) is 0 Å². The maximum atomic E-state index is 5.50. The van der Waals surface area contributed by atoms with Gasteiger partial charge in [0, 0.05) is 48.1 Å². The highest BCUT2D eigenvalue weighted by Crippen LogP contribution is 2.19. The van der Waals surface area contributed by atoms with Crippen molar-refractivity contribution in [3.63, 3.8) is 0 Å². The zero-order valence-electron chi connectivity index (χ0n) is 12.4. The first-order valence-corrected chi connectivity index (χ1v) is 7.97. The third-order valence-corrected chi connectivity index (χ3v) is 4.27. The summed E-state index contributed by atoms with van der Waals surface area (Å²) < 4.78 is 5.50. The first-order chi connectivity index (χ1) is 9.03. The van der Waals surface area contributed by atoms with Crippen molar-refractivity contribution in [2.75, 3.05) is 26.3 Å². The fourth-order valence-corrected chi connectivity index (χ4v) is 3.13. The molecule has 19 heavy (non-hydrogen) atoms. The average Bonchev–Trinajstić information content (AvgIpc) is 2.61. The summed E-state index contributed by atoms with van der Waals surface area (Å²) >= 11 is 1.93. The van der Waals surface area contributed by atoms with Gasteiger partial charge in [-0.05, 0) is 39.3 Å². The van der Waals surface area contributed by atoms with Gasteiger partial charge < -0.3 is 10.1 Å². The number of hydrogen-bond donors (Lipinski definition) is 1. The van der Waals surface area contributed by atoms with E-state index in [1.807, 2.05) is 11.3 Å². The molecule has 3 nitrogen and oxygen atoms in total. The number of ether oxygens (including phenoxy) is 1. The van der Waals surface area contributed by atoms with E-state index in [4.69, 9.17) is 4.74 Å². The first-order valence-electron chi connectivity index (χ1n) is 7.16. The molecule has 0 radical (unpaired) electrons. The SMILES string of the molecule is CC(C)(C)NCc1ccc(CN2CCCOCC2)s1. The van der Waals surface area contributed by atoms with E-state index in [0.29, 0.717) is 0 Å². The summed E-state index contributed by atoms with van der Waals surface area (Å²) in [6.07, 6.45) is 1.16. The lowest BCUT2D eigenvalue weighted by Crippen LogP contribution is -2.34. The lowest BCUT2D eigenvalue weighted by Gasteiger charge is -2.20. The standard InChI is InChI=1S/C15H26N2OS/c1-15(2,3)16-11-13-5-6-14(19-13)12-17-7-4-9-18-10-8-17/h5-6,16H,4,7-12H2,1-3H3. The van der Waals surface area contributed by atoms with Crippen molar-refractivity contribution in [2.45, 2.75) is 45.8 Å². The minimum atomic E-state index is 0.187. The first kappa shape index (κ1) is 15.0. The van der Waals surface area contributed by atoms with Crippen molar-refractivity contribution in [1.29, 1.82) is 0 Å². The molecule has 1 aliphatic rings. The zero-order valence-corrected chi connectivity index (χ0v) is 13.2. The van der Waals surface area contributed by atoms with Gasteiger partial charge in [-0.25, -0.2) is 0 Å². The van der Waals surface area contributed by atoms with E-state index < -0.39 is 0 Å². The van der Waals surface area contributed by atoms with Crippen molar-refractivity contribution in [3.05, 3.63) is 21.9 Å². The maximum absolute atomic E-state index is 5.50. The molecule has 1 N–H and O–H groups in total. The van der Waals surface area contributed by atoms with Crippen LogP contribution in [-0.2, 0) is 17.8 Å². The van der Waals surface area contributed by atoms with Crippen molar-refractivity contribution in [3.8, 4) is 0 Å². The average molecular weight is 282 g/mol. The van der Waals surface area contributed by atoms with Crippen LogP contribution in [-0.4, -0.2) is 36.7 Å². The largest absolute Gasteiger partial charge is 0.380 e. The summed E-state index contributed by atoms with van der Waals surface area (Å²) in [6, 6.07) is 4.53. The van der Waals surface area contributed by atoms with Crippen molar-refractivity contribution < 1.29 is 4.74 Å². The molecule has 0 amide bonds. The van der Waals surface area contributed by atoms with Gasteiger partial charge in [0.1, 0.15) is 0 Å². The summed E-state index contributed by atoms with van der Waals surface area (Å²) in [5.74, 6) is 0. The molecule has 108 valence electrons. The predicted octanol–water partition coefficient (Wildman–Crippen LogP) is 2.86. The van der Waals surface area contributed by atoms with Gasteiger partial charge in [-0.3, -0.25) is 4.90 Å². The second kappa shape index (κ2) is 6.84. The van der Waals surface area contributed by atoms with E-state index in [2.05, 4.69) is 43.1 Å². The van der Waals surface area contributed by atoms with E-state index >= 15 is 0 Å². The molecule has 0 unspecified atom stereocenters. The number of nitrogens with one attached hydrogen (secondary N) is 1. The molecule has 1 aliphatic heterocycles. The van der Waals surface area contributed by atoms with Crippen LogP contribution in [0.1, 0.15) is 36.9 Å². The molecule has 2 rings (SSSR count). The van der Waals surface area contributed by atoms with Crippen LogP contribution in [0, 0.1) is 0 Å². The van der Waals surface area contributed by atoms with Crippen molar-refractivity contribution >= 4 is 11.3 Å². The van der Waals surface area contributed by atoms with Gasteiger partial charge in [0.25, 0.3) is 0 Å². The monoisotopic (exact) mass is 282 g/mol. The van der Waals surface area contributed by atoms with Crippen LogP contribution in [0.25, 0.3) is 0 Å². The Balaban J connectivity index is 1.82. The number of hydrogen-bond acceptors (Lipinski definition) is 4. The highest BCUT2D eigenvalue weighted by atomic mass is 32.1. The Morgan fingerprint density at radius 3 is 2.79 bits per heavy atom. The third kappa shape index (κ3) is 5.61. The molecule has 1 aromatic rings. The summed E-state index contributed by atoms with van der Waals surface area (Å²) in [5.41, 5.74) is 0.187. The summed E-state index contributed by atoms with van der Waals surface area (Å²) in [7, 11) is 0. The normalized spacial score (nSPS) is 18.5. The fourth-order valence-electron chi connectivity index (χ4n) is 2.13. The van der Waals surface area contributed by atoms with E-state index in [9.17, 15) is 0 Å². The number of thiophene rings is 1. The predicted molar refractivity (Wildman–Crippen MR) is 81.6 cm³/mol. The molecular weight excluding hydrogens is 256 g/mol. The van der Waals surface area contributed by atoms with Crippen LogP contribution < -0.4 is 5.32 Å². The minimum Gasteiger partial charge on any atom is -0.380 e. The Hall–Kier alpha value is -0.420. The third-order valence-electron chi connectivity index (χ3n) is 3.20. The molecule has 0 atom stereocenters. The Morgan fingerprint density at radius 2 is 2.00 bits per heavy atom. The van der Waals surface area contributed by atoms with E-state index in [-0.39, 0.29) is 5.54 Å². The van der Waals surface area contributed by atoms with Crippen LogP contribution in [0.4, 0.5) is 0 Å². The van der Waals surface area contributed by atoms with Crippen molar-refractivity contribution in [1.82, 2.24) is 10.2 Å². The van der Waals surface area contributed by atoms with Gasteiger partial charge in [0.15, 0.2) is 0 Å². The highest BCUT2D eigenvalue weighted by molar-refractivity contribution is 7.11. The van der Waals surface area contributed by atoms with Crippen LogP contribution in [0.15, 0.2) is 12.1 Å². The molecule has 1 fully saturated rings. The van der Waals surface area contributed by atoms with Crippen LogP contribution in [0.5, 0.6) is 0 Å². The summed E-state index contributed by atoms with van der Waals surface area (Å²) in [5, 5.41) is 3.54. The van der Waals surface area contributed by atoms with Gasteiger partial charge in [-0.15, -0.1) is 11.3 Å². The number of nitrogens with zero attached hydrogens (tertiary/aromatic N) is 1. The molecular formula is C15H26N2OS. The van der Waals surface area contributed by atoms with Gasteiger partial charge in [-0.1, -0.05) is 0 Å². The van der Waals surface area contributed by atoms with Gasteiger partial charge in [0.05, 0.1) is 6.61 Å². The van der Waals surface area contributed by atoms with E-state index in [0.717, 1.165) is 45.8 Å². The molecule has 2 heterocycles. The summed E-state index contributed by atoms with van der Waals surface area (Å²) in [6.45, 7) is 12.7.